The molecular weight excluding hydrogens is 258 g/mol. The maximum atomic E-state index is 9.13. The minimum absolute atomic E-state index is 0.277. The zero-order valence-electron chi connectivity index (χ0n) is 11.1. The van der Waals surface area contributed by atoms with E-state index in [0.717, 1.165) is 22.5 Å². The SMILES string of the molecule is Cc1cc2c(NC3CCCC3CCO)ncnc2s1. The Morgan fingerprint density at radius 2 is 2.32 bits per heavy atom. The van der Waals surface area contributed by atoms with E-state index in [4.69, 9.17) is 5.11 Å². The molecule has 0 aromatic carbocycles. The summed E-state index contributed by atoms with van der Waals surface area (Å²) in [7, 11) is 0. The maximum absolute atomic E-state index is 9.13. The lowest BCUT2D eigenvalue weighted by Gasteiger charge is -2.21. The lowest BCUT2D eigenvalue weighted by atomic mass is 10.00. The van der Waals surface area contributed by atoms with E-state index in [0.29, 0.717) is 12.0 Å². The monoisotopic (exact) mass is 277 g/mol. The van der Waals surface area contributed by atoms with Gasteiger partial charge in [-0.25, -0.2) is 9.97 Å². The van der Waals surface area contributed by atoms with Gasteiger partial charge in [-0.05, 0) is 38.2 Å². The zero-order valence-corrected chi connectivity index (χ0v) is 11.9. The Bertz CT molecular complexity index is 569. The Hall–Kier alpha value is -1.20. The number of thiophene rings is 1. The summed E-state index contributed by atoms with van der Waals surface area (Å²) in [4.78, 5) is 11.0. The van der Waals surface area contributed by atoms with E-state index in [1.807, 2.05) is 0 Å². The lowest BCUT2D eigenvalue weighted by Crippen LogP contribution is -2.25. The van der Waals surface area contributed by atoms with Gasteiger partial charge >= 0.3 is 0 Å². The average Bonchev–Trinajstić information content (AvgIpc) is 2.97. The van der Waals surface area contributed by atoms with Gasteiger partial charge in [0.1, 0.15) is 17.0 Å². The van der Waals surface area contributed by atoms with Crippen LogP contribution in [0, 0.1) is 12.8 Å². The molecule has 1 fully saturated rings. The molecular formula is C14H19N3OS. The number of anilines is 1. The molecule has 5 heteroatoms. The van der Waals surface area contributed by atoms with Crippen LogP contribution >= 0.6 is 11.3 Å². The molecule has 2 atom stereocenters. The molecule has 1 aliphatic carbocycles. The quantitative estimate of drug-likeness (QED) is 0.902. The van der Waals surface area contributed by atoms with Crippen molar-refractivity contribution in [1.29, 1.82) is 0 Å². The van der Waals surface area contributed by atoms with E-state index in [1.54, 1.807) is 17.7 Å². The maximum Gasteiger partial charge on any atom is 0.138 e. The molecule has 2 aromatic heterocycles. The smallest absolute Gasteiger partial charge is 0.138 e. The van der Waals surface area contributed by atoms with Crippen molar-refractivity contribution in [2.24, 2.45) is 5.92 Å². The number of aromatic nitrogens is 2. The van der Waals surface area contributed by atoms with Gasteiger partial charge in [-0.3, -0.25) is 0 Å². The second-order valence-corrected chi connectivity index (χ2v) is 6.49. The van der Waals surface area contributed by atoms with Gasteiger partial charge in [0.05, 0.1) is 5.39 Å². The van der Waals surface area contributed by atoms with Crippen LogP contribution in [-0.2, 0) is 0 Å². The predicted octanol–water partition coefficient (Wildman–Crippen LogP) is 2.96. The lowest BCUT2D eigenvalue weighted by molar-refractivity contribution is 0.254. The van der Waals surface area contributed by atoms with E-state index in [9.17, 15) is 0 Å². The van der Waals surface area contributed by atoms with Gasteiger partial charge in [0.2, 0.25) is 0 Å². The van der Waals surface area contributed by atoms with Crippen molar-refractivity contribution in [3.63, 3.8) is 0 Å². The van der Waals surface area contributed by atoms with Crippen LogP contribution in [0.25, 0.3) is 10.2 Å². The Kier molecular flexibility index (Phi) is 3.66. The van der Waals surface area contributed by atoms with Gasteiger partial charge in [0, 0.05) is 17.5 Å². The zero-order chi connectivity index (χ0) is 13.2. The van der Waals surface area contributed by atoms with E-state index >= 15 is 0 Å². The normalized spacial score (nSPS) is 23.1. The van der Waals surface area contributed by atoms with Gasteiger partial charge in [-0.2, -0.15) is 0 Å². The molecule has 0 saturated heterocycles. The molecule has 0 radical (unpaired) electrons. The Morgan fingerprint density at radius 3 is 3.16 bits per heavy atom. The van der Waals surface area contributed by atoms with Gasteiger partial charge < -0.3 is 10.4 Å². The van der Waals surface area contributed by atoms with Crippen LogP contribution in [0.15, 0.2) is 12.4 Å². The molecule has 0 spiro atoms. The molecule has 3 rings (SSSR count). The minimum atomic E-state index is 0.277. The second kappa shape index (κ2) is 5.43. The van der Waals surface area contributed by atoms with E-state index in [2.05, 4.69) is 28.3 Å². The molecule has 0 bridgehead atoms. The first-order valence-electron chi connectivity index (χ1n) is 6.86. The highest BCUT2D eigenvalue weighted by atomic mass is 32.1. The average molecular weight is 277 g/mol. The standard InChI is InChI=1S/C14H19N3OS/c1-9-7-11-13(15-8-16-14(11)19-9)17-12-4-2-3-10(12)5-6-18/h7-8,10,12,18H,2-6H2,1H3,(H,15,16,17). The van der Waals surface area contributed by atoms with Crippen LogP contribution in [0.4, 0.5) is 5.82 Å². The molecule has 1 saturated carbocycles. The number of nitrogens with zero attached hydrogens (tertiary/aromatic N) is 2. The first-order chi connectivity index (χ1) is 9.28. The molecule has 0 amide bonds. The van der Waals surface area contributed by atoms with Crippen molar-refractivity contribution in [2.75, 3.05) is 11.9 Å². The van der Waals surface area contributed by atoms with Crippen LogP contribution in [0.1, 0.15) is 30.6 Å². The van der Waals surface area contributed by atoms with Crippen molar-refractivity contribution >= 4 is 27.4 Å². The van der Waals surface area contributed by atoms with E-state index in [1.165, 1.54) is 24.1 Å². The summed E-state index contributed by atoms with van der Waals surface area (Å²) in [6, 6.07) is 2.59. The fourth-order valence-electron chi connectivity index (χ4n) is 3.00. The van der Waals surface area contributed by atoms with Crippen molar-refractivity contribution in [3.05, 3.63) is 17.3 Å². The number of fused-ring (bicyclic) bond motifs is 1. The fourth-order valence-corrected chi connectivity index (χ4v) is 3.85. The van der Waals surface area contributed by atoms with Crippen LogP contribution in [0.5, 0.6) is 0 Å². The minimum Gasteiger partial charge on any atom is -0.396 e. The number of hydrogen-bond donors (Lipinski definition) is 2. The molecule has 2 aromatic rings. The van der Waals surface area contributed by atoms with Crippen LogP contribution < -0.4 is 5.32 Å². The van der Waals surface area contributed by atoms with Crippen molar-refractivity contribution in [1.82, 2.24) is 9.97 Å². The number of aryl methyl sites for hydroxylation is 1. The number of aliphatic hydroxyl groups is 1. The summed E-state index contributed by atoms with van der Waals surface area (Å²) in [6.45, 7) is 2.37. The molecule has 2 unspecified atom stereocenters. The summed E-state index contributed by atoms with van der Waals surface area (Å²) < 4.78 is 0. The molecule has 102 valence electrons. The van der Waals surface area contributed by atoms with Crippen LogP contribution in [0.2, 0.25) is 0 Å². The van der Waals surface area contributed by atoms with Gasteiger partial charge in [-0.1, -0.05) is 6.42 Å². The summed E-state index contributed by atoms with van der Waals surface area (Å²) in [6.07, 6.45) is 6.12. The van der Waals surface area contributed by atoms with Gasteiger partial charge in [-0.15, -0.1) is 11.3 Å². The summed E-state index contributed by atoms with van der Waals surface area (Å²) in [5, 5.41) is 13.8. The number of hydrogen-bond acceptors (Lipinski definition) is 5. The molecule has 2 N–H and O–H groups in total. The van der Waals surface area contributed by atoms with Crippen molar-refractivity contribution < 1.29 is 5.11 Å². The van der Waals surface area contributed by atoms with Crippen LogP contribution in [0.3, 0.4) is 0 Å². The van der Waals surface area contributed by atoms with Gasteiger partial charge in [0.25, 0.3) is 0 Å². The molecule has 1 aliphatic rings. The highest BCUT2D eigenvalue weighted by Crippen LogP contribution is 2.33. The summed E-state index contributed by atoms with van der Waals surface area (Å²) >= 11 is 1.70. The molecule has 0 aliphatic heterocycles. The number of rotatable bonds is 4. The van der Waals surface area contributed by atoms with E-state index in [-0.39, 0.29) is 6.61 Å². The summed E-state index contributed by atoms with van der Waals surface area (Å²) in [5.41, 5.74) is 0. The molecule has 4 nitrogen and oxygen atoms in total. The third-order valence-corrected chi connectivity index (χ3v) is 4.89. The predicted molar refractivity (Wildman–Crippen MR) is 78.6 cm³/mol. The Balaban J connectivity index is 1.84. The first-order valence-corrected chi connectivity index (χ1v) is 7.68. The Labute approximate surface area is 116 Å². The first kappa shape index (κ1) is 12.8. The van der Waals surface area contributed by atoms with E-state index < -0.39 is 0 Å². The highest BCUT2D eigenvalue weighted by Gasteiger charge is 2.27. The van der Waals surface area contributed by atoms with Crippen molar-refractivity contribution in [3.8, 4) is 0 Å². The van der Waals surface area contributed by atoms with Crippen molar-refractivity contribution in [2.45, 2.75) is 38.6 Å². The van der Waals surface area contributed by atoms with Gasteiger partial charge in [0.15, 0.2) is 0 Å². The fraction of sp³-hybridized carbons (Fsp3) is 0.571. The topological polar surface area (TPSA) is 58.0 Å². The molecule has 2 heterocycles. The largest absolute Gasteiger partial charge is 0.396 e. The number of aliphatic hydroxyl groups excluding tert-OH is 1. The molecule has 19 heavy (non-hydrogen) atoms. The Morgan fingerprint density at radius 1 is 1.42 bits per heavy atom. The third kappa shape index (κ3) is 2.58. The second-order valence-electron chi connectivity index (χ2n) is 5.25. The number of nitrogens with one attached hydrogen (secondary N) is 1. The highest BCUT2D eigenvalue weighted by molar-refractivity contribution is 7.18. The van der Waals surface area contributed by atoms with Crippen LogP contribution in [-0.4, -0.2) is 27.7 Å². The summed E-state index contributed by atoms with van der Waals surface area (Å²) in [5.74, 6) is 1.51. The third-order valence-electron chi connectivity index (χ3n) is 3.93.